The lowest BCUT2D eigenvalue weighted by molar-refractivity contribution is -0.0504. The van der Waals surface area contributed by atoms with E-state index in [1.54, 1.807) is 31.4 Å². The predicted octanol–water partition coefficient (Wildman–Crippen LogP) is 5.01. The summed E-state index contributed by atoms with van der Waals surface area (Å²) in [7, 11) is 1.63. The number of benzene rings is 2. The van der Waals surface area contributed by atoms with Gasteiger partial charge in [0, 0.05) is 36.8 Å². The number of Topliss-reactive ketones (excluding diaryl/α,β-unsaturated/α-hetero) is 2. The van der Waals surface area contributed by atoms with Gasteiger partial charge in [-0.3, -0.25) is 9.59 Å². The molecule has 0 aromatic heterocycles. The van der Waals surface area contributed by atoms with Crippen LogP contribution in [0.3, 0.4) is 0 Å². The Bertz CT molecular complexity index is 984. The van der Waals surface area contributed by atoms with Gasteiger partial charge in [-0.2, -0.15) is 8.78 Å². The Hall–Kier alpha value is -3.04. The van der Waals surface area contributed by atoms with Gasteiger partial charge in [-0.1, -0.05) is 24.0 Å². The molecule has 30 heavy (non-hydrogen) atoms. The zero-order valence-corrected chi connectivity index (χ0v) is 16.6. The van der Waals surface area contributed by atoms with Crippen LogP contribution in [0.15, 0.2) is 42.5 Å². The predicted molar refractivity (Wildman–Crippen MR) is 108 cm³/mol. The van der Waals surface area contributed by atoms with E-state index in [1.165, 1.54) is 18.2 Å². The molecule has 0 radical (unpaired) electrons. The highest BCUT2D eigenvalue weighted by atomic mass is 19.3. The van der Waals surface area contributed by atoms with Crippen molar-refractivity contribution in [3.63, 3.8) is 0 Å². The van der Waals surface area contributed by atoms with Crippen molar-refractivity contribution >= 4 is 11.6 Å². The molecule has 6 heteroatoms. The van der Waals surface area contributed by atoms with Gasteiger partial charge in [0.05, 0.1) is 0 Å². The summed E-state index contributed by atoms with van der Waals surface area (Å²) in [5.74, 6) is 4.78. The molecule has 0 amide bonds. The van der Waals surface area contributed by atoms with Crippen molar-refractivity contribution in [3.05, 3.63) is 64.7 Å². The molecule has 156 valence electrons. The highest BCUT2D eigenvalue weighted by molar-refractivity contribution is 6.49. The molecule has 1 aliphatic carbocycles. The van der Waals surface area contributed by atoms with E-state index in [0.29, 0.717) is 24.2 Å². The monoisotopic (exact) mass is 412 g/mol. The highest BCUT2D eigenvalue weighted by Crippen LogP contribution is 2.45. The van der Waals surface area contributed by atoms with Gasteiger partial charge in [0.2, 0.25) is 11.6 Å². The van der Waals surface area contributed by atoms with Crippen molar-refractivity contribution in [2.45, 2.75) is 38.2 Å². The third-order valence-corrected chi connectivity index (χ3v) is 4.72. The summed E-state index contributed by atoms with van der Waals surface area (Å²) in [5, 5.41) is 0. The van der Waals surface area contributed by atoms with Gasteiger partial charge in [-0.05, 0) is 61.1 Å². The van der Waals surface area contributed by atoms with Crippen molar-refractivity contribution < 1.29 is 27.8 Å². The summed E-state index contributed by atoms with van der Waals surface area (Å²) in [6.45, 7) is -2.31. The Kier molecular flexibility index (Phi) is 7.31. The van der Waals surface area contributed by atoms with Crippen LogP contribution in [0, 0.1) is 11.8 Å². The Morgan fingerprint density at radius 1 is 1.10 bits per heavy atom. The Balaban J connectivity index is 1.76. The minimum absolute atomic E-state index is 0.0576. The first-order chi connectivity index (χ1) is 14.5. The average molecular weight is 412 g/mol. The van der Waals surface area contributed by atoms with Crippen LogP contribution in [0.4, 0.5) is 8.78 Å². The maximum Gasteiger partial charge on any atom is 0.387 e. The summed E-state index contributed by atoms with van der Waals surface area (Å²) in [4.78, 5) is 25.4. The number of ether oxygens (including phenoxy) is 2. The topological polar surface area (TPSA) is 52.6 Å². The van der Waals surface area contributed by atoms with Crippen LogP contribution < -0.4 is 4.74 Å². The van der Waals surface area contributed by atoms with Crippen molar-refractivity contribution in [2.24, 2.45) is 0 Å². The zero-order valence-electron chi connectivity index (χ0n) is 16.6. The number of hydrogen-bond donors (Lipinski definition) is 0. The Labute approximate surface area is 174 Å². The van der Waals surface area contributed by atoms with E-state index in [-0.39, 0.29) is 22.8 Å². The molecular weight excluding hydrogens is 390 g/mol. The normalized spacial score (nSPS) is 12.9. The molecule has 4 nitrogen and oxygen atoms in total. The van der Waals surface area contributed by atoms with E-state index in [4.69, 9.17) is 4.74 Å². The van der Waals surface area contributed by atoms with Crippen LogP contribution in [0.1, 0.15) is 63.4 Å². The quantitative estimate of drug-likeness (QED) is 0.251. The Morgan fingerprint density at radius 3 is 2.50 bits per heavy atom. The van der Waals surface area contributed by atoms with Crippen molar-refractivity contribution in [2.75, 3.05) is 13.7 Å². The summed E-state index contributed by atoms with van der Waals surface area (Å²) < 4.78 is 34.8. The molecule has 0 aliphatic heterocycles. The summed E-state index contributed by atoms with van der Waals surface area (Å²) >= 11 is 0. The average Bonchev–Trinajstić information content (AvgIpc) is 3.58. The van der Waals surface area contributed by atoms with E-state index in [9.17, 15) is 18.4 Å². The van der Waals surface area contributed by atoms with Gasteiger partial charge in [0.15, 0.2) is 0 Å². The van der Waals surface area contributed by atoms with Gasteiger partial charge in [-0.25, -0.2) is 0 Å². The second-order valence-electron chi connectivity index (χ2n) is 7.04. The number of ketones is 2. The van der Waals surface area contributed by atoms with Gasteiger partial charge in [0.25, 0.3) is 0 Å². The molecule has 0 bridgehead atoms. The molecule has 3 rings (SSSR count). The van der Waals surface area contributed by atoms with Crippen LogP contribution in [0.2, 0.25) is 0 Å². The molecular formula is C24H22F2O4. The van der Waals surface area contributed by atoms with Crippen LogP contribution in [0.5, 0.6) is 5.75 Å². The zero-order chi connectivity index (χ0) is 21.5. The first-order valence-corrected chi connectivity index (χ1v) is 9.75. The summed E-state index contributed by atoms with van der Waals surface area (Å²) in [6.07, 6.45) is 3.17. The molecule has 2 aromatic carbocycles. The lowest BCUT2D eigenvalue weighted by Gasteiger charge is -2.11. The first kappa shape index (κ1) is 21.7. The van der Waals surface area contributed by atoms with E-state index in [0.717, 1.165) is 19.3 Å². The second-order valence-corrected chi connectivity index (χ2v) is 7.04. The molecule has 1 fully saturated rings. The minimum Gasteiger partial charge on any atom is -0.435 e. The minimum atomic E-state index is -2.94. The van der Waals surface area contributed by atoms with Crippen LogP contribution in [0.25, 0.3) is 0 Å². The summed E-state index contributed by atoms with van der Waals surface area (Å²) in [6, 6.07) is 10.8. The van der Waals surface area contributed by atoms with Gasteiger partial charge in [-0.15, -0.1) is 0 Å². The third-order valence-electron chi connectivity index (χ3n) is 4.72. The van der Waals surface area contributed by atoms with Gasteiger partial charge < -0.3 is 9.47 Å². The van der Waals surface area contributed by atoms with Crippen molar-refractivity contribution in [3.8, 4) is 17.6 Å². The van der Waals surface area contributed by atoms with Crippen LogP contribution in [-0.2, 0) is 4.74 Å². The number of unbranched alkanes of at least 4 members (excludes halogenated alkanes) is 1. The molecule has 1 saturated carbocycles. The number of hydrogen-bond acceptors (Lipinski definition) is 4. The third kappa shape index (κ3) is 5.74. The van der Waals surface area contributed by atoms with E-state index < -0.39 is 18.2 Å². The van der Waals surface area contributed by atoms with E-state index in [1.807, 2.05) is 0 Å². The van der Waals surface area contributed by atoms with E-state index >= 15 is 0 Å². The maximum absolute atomic E-state index is 12.7. The molecule has 0 atom stereocenters. The first-order valence-electron chi connectivity index (χ1n) is 9.75. The highest BCUT2D eigenvalue weighted by Gasteiger charge is 2.29. The molecule has 0 N–H and O–H groups in total. The van der Waals surface area contributed by atoms with Gasteiger partial charge in [0.1, 0.15) is 5.75 Å². The van der Waals surface area contributed by atoms with Crippen molar-refractivity contribution in [1.29, 1.82) is 0 Å². The summed E-state index contributed by atoms with van der Waals surface area (Å²) in [5.41, 5.74) is 1.60. The number of carbonyl (C=O) groups is 2. The molecule has 0 unspecified atom stereocenters. The molecule has 0 heterocycles. The number of carbonyl (C=O) groups excluding carboxylic acids is 2. The van der Waals surface area contributed by atoms with Crippen molar-refractivity contribution in [1.82, 2.24) is 0 Å². The Morgan fingerprint density at radius 2 is 1.83 bits per heavy atom. The lowest BCUT2D eigenvalue weighted by Crippen LogP contribution is -2.15. The molecule has 0 saturated heterocycles. The molecule has 0 spiro atoms. The lowest BCUT2D eigenvalue weighted by atomic mass is 9.97. The number of alkyl halides is 2. The standard InChI is InChI=1S/C24H22F2O4/c1-29-13-4-2-3-6-16-7-5-8-18(14-16)22(27)23(28)19-11-12-21(30-24(25)26)20(15-19)17-9-10-17/h5,7-8,11-12,14-15,17,24H,2,4,9-10,13H2,1H3. The largest absolute Gasteiger partial charge is 0.435 e. The number of methoxy groups -OCH3 is 1. The molecule has 2 aromatic rings. The maximum atomic E-state index is 12.7. The van der Waals surface area contributed by atoms with Crippen LogP contribution >= 0.6 is 0 Å². The van der Waals surface area contributed by atoms with E-state index in [2.05, 4.69) is 16.6 Å². The SMILES string of the molecule is COCCCC#Cc1cccc(C(=O)C(=O)c2ccc(OC(F)F)c(C3CC3)c2)c1. The van der Waals surface area contributed by atoms with Gasteiger partial charge >= 0.3 is 6.61 Å². The second kappa shape index (κ2) is 10.1. The fraction of sp³-hybridized carbons (Fsp3) is 0.333. The fourth-order valence-electron chi connectivity index (χ4n) is 3.08. The fourth-order valence-corrected chi connectivity index (χ4v) is 3.08. The molecule has 1 aliphatic rings. The smallest absolute Gasteiger partial charge is 0.387 e. The van der Waals surface area contributed by atoms with Crippen LogP contribution in [-0.4, -0.2) is 31.9 Å². The number of halogens is 2. The number of rotatable bonds is 9.